The minimum Gasteiger partial charge on any atom is -0.481 e. The molecule has 1 atom stereocenters. The van der Waals surface area contributed by atoms with Crippen molar-refractivity contribution < 1.29 is 14.1 Å². The van der Waals surface area contributed by atoms with Crippen molar-refractivity contribution in [2.24, 2.45) is 0 Å². The van der Waals surface area contributed by atoms with Crippen LogP contribution in [0.4, 0.5) is 0 Å². The number of hydrogen-bond acceptors (Lipinski definition) is 4. The fraction of sp³-hybridized carbons (Fsp3) is 0.583. The minimum atomic E-state index is -0.987. The normalized spacial score (nSPS) is 12.4. The first-order valence-corrected chi connectivity index (χ1v) is 7.64. The van der Waals surface area contributed by atoms with E-state index in [0.29, 0.717) is 30.1 Å². The molecule has 1 heterocycles. The SMILES string of the molecule is Cc1nc(=O)n(CCS(C)=O)c(C)c1CCC(=O)O. The summed E-state index contributed by atoms with van der Waals surface area (Å²) in [6, 6.07) is 0. The number of hydrogen-bond donors (Lipinski definition) is 1. The molecule has 0 aliphatic heterocycles. The van der Waals surface area contributed by atoms with Crippen LogP contribution in [0.3, 0.4) is 0 Å². The summed E-state index contributed by atoms with van der Waals surface area (Å²) in [5.74, 6) is -0.504. The zero-order valence-corrected chi connectivity index (χ0v) is 12.1. The number of carboxylic acids is 1. The van der Waals surface area contributed by atoms with Crippen LogP contribution in [0.25, 0.3) is 0 Å². The van der Waals surface area contributed by atoms with E-state index in [1.165, 1.54) is 4.57 Å². The molecule has 19 heavy (non-hydrogen) atoms. The second-order valence-electron chi connectivity index (χ2n) is 4.37. The topological polar surface area (TPSA) is 89.3 Å². The molecule has 106 valence electrons. The average Bonchev–Trinajstić information content (AvgIpc) is 2.27. The fourth-order valence-electron chi connectivity index (χ4n) is 1.92. The van der Waals surface area contributed by atoms with Gasteiger partial charge in [-0.2, -0.15) is 4.98 Å². The minimum absolute atomic E-state index is 0.00126. The Balaban J connectivity index is 3.10. The van der Waals surface area contributed by atoms with Crippen molar-refractivity contribution in [3.8, 4) is 0 Å². The molecule has 0 saturated carbocycles. The van der Waals surface area contributed by atoms with Crippen LogP contribution in [0.5, 0.6) is 0 Å². The number of carboxylic acid groups (broad SMARTS) is 1. The smallest absolute Gasteiger partial charge is 0.348 e. The van der Waals surface area contributed by atoms with E-state index in [-0.39, 0.29) is 12.1 Å². The van der Waals surface area contributed by atoms with Crippen molar-refractivity contribution in [1.82, 2.24) is 9.55 Å². The summed E-state index contributed by atoms with van der Waals surface area (Å²) in [7, 11) is -0.987. The summed E-state index contributed by atoms with van der Waals surface area (Å²) >= 11 is 0. The molecule has 0 bridgehead atoms. The monoisotopic (exact) mass is 286 g/mol. The molecule has 1 N–H and O–H groups in total. The van der Waals surface area contributed by atoms with Crippen molar-refractivity contribution in [3.05, 3.63) is 27.4 Å². The number of aryl methyl sites for hydroxylation is 1. The van der Waals surface area contributed by atoms with Gasteiger partial charge in [0.2, 0.25) is 0 Å². The maximum Gasteiger partial charge on any atom is 0.348 e. The van der Waals surface area contributed by atoms with Gasteiger partial charge >= 0.3 is 11.7 Å². The number of rotatable bonds is 6. The van der Waals surface area contributed by atoms with Gasteiger partial charge in [0.05, 0.1) is 0 Å². The molecule has 0 amide bonds. The average molecular weight is 286 g/mol. The molecule has 0 aromatic carbocycles. The van der Waals surface area contributed by atoms with Crippen LogP contribution in [0, 0.1) is 13.8 Å². The number of aromatic nitrogens is 2. The van der Waals surface area contributed by atoms with Gasteiger partial charge in [-0.25, -0.2) is 4.79 Å². The third-order valence-corrected chi connectivity index (χ3v) is 3.72. The van der Waals surface area contributed by atoms with Crippen LogP contribution in [0.15, 0.2) is 4.79 Å². The molecule has 0 spiro atoms. The third kappa shape index (κ3) is 4.27. The van der Waals surface area contributed by atoms with Crippen molar-refractivity contribution in [2.45, 2.75) is 33.2 Å². The number of aliphatic carboxylic acids is 1. The van der Waals surface area contributed by atoms with Crippen LogP contribution in [-0.4, -0.2) is 36.8 Å². The predicted molar refractivity (Wildman–Crippen MR) is 72.9 cm³/mol. The highest BCUT2D eigenvalue weighted by Gasteiger charge is 2.12. The first kappa shape index (κ1) is 15.6. The van der Waals surface area contributed by atoms with E-state index >= 15 is 0 Å². The van der Waals surface area contributed by atoms with Gasteiger partial charge in [0, 0.05) is 47.2 Å². The highest BCUT2D eigenvalue weighted by atomic mass is 32.2. The molecule has 1 rings (SSSR count). The van der Waals surface area contributed by atoms with E-state index < -0.39 is 16.8 Å². The van der Waals surface area contributed by atoms with Gasteiger partial charge in [0.15, 0.2) is 0 Å². The lowest BCUT2D eigenvalue weighted by molar-refractivity contribution is -0.136. The second kappa shape index (κ2) is 6.60. The molecule has 7 heteroatoms. The Bertz CT molecular complexity index is 566. The Morgan fingerprint density at radius 3 is 2.58 bits per heavy atom. The van der Waals surface area contributed by atoms with Gasteiger partial charge in [-0.05, 0) is 25.8 Å². The van der Waals surface area contributed by atoms with Crippen molar-refractivity contribution in [3.63, 3.8) is 0 Å². The predicted octanol–water partition coefficient (Wildman–Crippen LogP) is 0.256. The molecule has 1 aromatic heterocycles. The van der Waals surface area contributed by atoms with E-state index in [1.54, 1.807) is 20.1 Å². The Kier molecular flexibility index (Phi) is 5.41. The van der Waals surface area contributed by atoms with Gasteiger partial charge in [-0.15, -0.1) is 0 Å². The third-order valence-electron chi connectivity index (χ3n) is 2.96. The maximum atomic E-state index is 11.8. The van der Waals surface area contributed by atoms with Crippen molar-refractivity contribution in [2.75, 3.05) is 12.0 Å². The summed E-state index contributed by atoms with van der Waals surface area (Å²) in [5.41, 5.74) is 1.69. The Morgan fingerprint density at radius 1 is 1.42 bits per heavy atom. The first-order valence-electron chi connectivity index (χ1n) is 5.91. The summed E-state index contributed by atoms with van der Waals surface area (Å²) < 4.78 is 12.6. The lowest BCUT2D eigenvalue weighted by Gasteiger charge is -2.14. The molecule has 1 aromatic rings. The molecular weight excluding hydrogens is 268 g/mol. The van der Waals surface area contributed by atoms with Gasteiger partial charge in [-0.1, -0.05) is 0 Å². The Morgan fingerprint density at radius 2 is 2.05 bits per heavy atom. The van der Waals surface area contributed by atoms with E-state index in [2.05, 4.69) is 4.98 Å². The molecule has 0 aliphatic rings. The summed E-state index contributed by atoms with van der Waals surface area (Å²) in [6.45, 7) is 3.81. The quantitative estimate of drug-likeness (QED) is 0.810. The number of carbonyl (C=O) groups is 1. The summed E-state index contributed by atoms with van der Waals surface area (Å²) in [4.78, 5) is 26.3. The molecule has 6 nitrogen and oxygen atoms in total. The Hall–Kier alpha value is -1.50. The standard InChI is InChI=1S/C12H18N2O4S/c1-8-10(4-5-11(15)16)9(2)14(12(17)13-8)6-7-19(3)18/h4-7H2,1-3H3,(H,15,16). The van der Waals surface area contributed by atoms with E-state index in [4.69, 9.17) is 5.11 Å². The van der Waals surface area contributed by atoms with Gasteiger partial charge in [0.1, 0.15) is 0 Å². The zero-order valence-electron chi connectivity index (χ0n) is 11.3. The summed E-state index contributed by atoms with van der Waals surface area (Å²) in [5, 5.41) is 8.73. The van der Waals surface area contributed by atoms with E-state index in [0.717, 1.165) is 5.56 Å². The van der Waals surface area contributed by atoms with Crippen LogP contribution in [0.2, 0.25) is 0 Å². The lowest BCUT2D eigenvalue weighted by Crippen LogP contribution is -2.29. The van der Waals surface area contributed by atoms with E-state index in [9.17, 15) is 13.8 Å². The van der Waals surface area contributed by atoms with Gasteiger partial charge in [-0.3, -0.25) is 13.6 Å². The summed E-state index contributed by atoms with van der Waals surface area (Å²) in [6.07, 6.45) is 1.92. The van der Waals surface area contributed by atoms with Crippen LogP contribution in [-0.2, 0) is 28.6 Å². The highest BCUT2D eigenvalue weighted by molar-refractivity contribution is 7.84. The first-order chi connectivity index (χ1) is 8.82. The van der Waals surface area contributed by atoms with Crippen LogP contribution < -0.4 is 5.69 Å². The molecule has 0 saturated heterocycles. The maximum absolute atomic E-state index is 11.8. The van der Waals surface area contributed by atoms with Gasteiger partial charge < -0.3 is 5.11 Å². The fourth-order valence-corrected chi connectivity index (χ4v) is 2.36. The molecular formula is C12H18N2O4S. The highest BCUT2D eigenvalue weighted by Crippen LogP contribution is 2.12. The van der Waals surface area contributed by atoms with Crippen LogP contribution in [0.1, 0.15) is 23.4 Å². The molecule has 0 fully saturated rings. The molecule has 0 radical (unpaired) electrons. The molecule has 1 unspecified atom stereocenters. The van der Waals surface area contributed by atoms with E-state index in [1.807, 2.05) is 0 Å². The van der Waals surface area contributed by atoms with Crippen LogP contribution >= 0.6 is 0 Å². The van der Waals surface area contributed by atoms with Gasteiger partial charge in [0.25, 0.3) is 0 Å². The van der Waals surface area contributed by atoms with Crippen molar-refractivity contribution in [1.29, 1.82) is 0 Å². The number of nitrogens with zero attached hydrogens (tertiary/aromatic N) is 2. The zero-order chi connectivity index (χ0) is 14.6. The van der Waals surface area contributed by atoms with Crippen molar-refractivity contribution >= 4 is 16.8 Å². The largest absolute Gasteiger partial charge is 0.481 e. The second-order valence-corrected chi connectivity index (χ2v) is 5.92. The lowest BCUT2D eigenvalue weighted by atomic mass is 10.1. The Labute approximate surface area is 113 Å². The molecule has 0 aliphatic carbocycles.